The monoisotopic (exact) mass is 346 g/mol. The summed E-state index contributed by atoms with van der Waals surface area (Å²) in [5, 5.41) is 10.8. The van der Waals surface area contributed by atoms with Gasteiger partial charge in [-0.1, -0.05) is 0 Å². The number of methoxy groups -OCH3 is 1. The van der Waals surface area contributed by atoms with Crippen molar-refractivity contribution in [1.82, 2.24) is 4.98 Å². The highest BCUT2D eigenvalue weighted by molar-refractivity contribution is 5.54. The molecule has 0 radical (unpaired) electrons. The normalized spacial score (nSPS) is 14.5. The second-order valence-electron chi connectivity index (χ2n) is 5.88. The molecule has 0 aliphatic carbocycles. The lowest BCUT2D eigenvalue weighted by atomic mass is 10.2. The molecule has 0 saturated carbocycles. The number of aryl methyl sites for hydroxylation is 1. The summed E-state index contributed by atoms with van der Waals surface area (Å²) in [7, 11) is 1.44. The fraction of sp³-hybridized carbons (Fsp3) is 0.353. The molecular weight excluding hydrogens is 327 g/mol. The zero-order valence-electron chi connectivity index (χ0n) is 14.1. The smallest absolute Gasteiger partial charge is 0.287 e. The quantitative estimate of drug-likeness (QED) is 0.626. The summed E-state index contributed by atoms with van der Waals surface area (Å²) in [5.74, 6) is 0.606. The molecule has 3 rings (SSSR count). The first-order chi connectivity index (χ1) is 12.0. The molecule has 132 valence electrons. The number of anilines is 2. The SMILES string of the molecule is COc1ccc(N2CCN(c3ncc([N+](=O)[O-])cc3C)CC2)cc1F. The molecule has 1 aliphatic heterocycles. The summed E-state index contributed by atoms with van der Waals surface area (Å²) in [6, 6.07) is 6.48. The van der Waals surface area contributed by atoms with E-state index in [0.717, 1.165) is 17.1 Å². The van der Waals surface area contributed by atoms with Crippen molar-refractivity contribution >= 4 is 17.2 Å². The lowest BCUT2D eigenvalue weighted by Crippen LogP contribution is -2.47. The van der Waals surface area contributed by atoms with Crippen LogP contribution in [0.25, 0.3) is 0 Å². The highest BCUT2D eigenvalue weighted by Gasteiger charge is 2.21. The van der Waals surface area contributed by atoms with Gasteiger partial charge in [-0.2, -0.15) is 0 Å². The van der Waals surface area contributed by atoms with Gasteiger partial charge in [0.05, 0.1) is 12.0 Å². The number of hydrogen-bond donors (Lipinski definition) is 0. The molecule has 0 bridgehead atoms. The topological polar surface area (TPSA) is 71.7 Å². The minimum Gasteiger partial charge on any atom is -0.494 e. The first-order valence-electron chi connectivity index (χ1n) is 7.94. The maximum Gasteiger partial charge on any atom is 0.287 e. The molecule has 2 aromatic rings. The van der Waals surface area contributed by atoms with E-state index in [2.05, 4.69) is 14.8 Å². The highest BCUT2D eigenvalue weighted by atomic mass is 19.1. The number of aromatic nitrogens is 1. The van der Waals surface area contributed by atoms with Crippen LogP contribution in [0.4, 0.5) is 21.6 Å². The number of piperazine rings is 1. The summed E-state index contributed by atoms with van der Waals surface area (Å²) >= 11 is 0. The Balaban J connectivity index is 1.69. The van der Waals surface area contributed by atoms with Crippen molar-refractivity contribution in [3.63, 3.8) is 0 Å². The zero-order chi connectivity index (χ0) is 18.0. The fourth-order valence-electron chi connectivity index (χ4n) is 3.01. The van der Waals surface area contributed by atoms with Crippen LogP contribution < -0.4 is 14.5 Å². The summed E-state index contributed by atoms with van der Waals surface area (Å²) in [6.45, 7) is 4.66. The average Bonchev–Trinajstić information content (AvgIpc) is 2.61. The largest absolute Gasteiger partial charge is 0.494 e. The molecule has 0 atom stereocenters. The first kappa shape index (κ1) is 16.9. The molecule has 0 spiro atoms. The van der Waals surface area contributed by atoms with Crippen LogP contribution in [0.5, 0.6) is 5.75 Å². The molecule has 1 fully saturated rings. The van der Waals surface area contributed by atoms with E-state index in [1.165, 1.54) is 25.4 Å². The van der Waals surface area contributed by atoms with Crippen molar-refractivity contribution in [2.45, 2.75) is 6.92 Å². The van der Waals surface area contributed by atoms with Gasteiger partial charge in [-0.3, -0.25) is 10.1 Å². The molecule has 25 heavy (non-hydrogen) atoms. The van der Waals surface area contributed by atoms with Gasteiger partial charge < -0.3 is 14.5 Å². The Bertz CT molecular complexity index is 791. The fourth-order valence-corrected chi connectivity index (χ4v) is 3.01. The van der Waals surface area contributed by atoms with Crippen molar-refractivity contribution in [2.75, 3.05) is 43.1 Å². The molecule has 0 N–H and O–H groups in total. The number of hydrogen-bond acceptors (Lipinski definition) is 6. The third kappa shape index (κ3) is 3.47. The van der Waals surface area contributed by atoms with Gasteiger partial charge in [0.1, 0.15) is 12.0 Å². The highest BCUT2D eigenvalue weighted by Crippen LogP contribution is 2.26. The van der Waals surface area contributed by atoms with Crippen LogP contribution in [0.1, 0.15) is 5.56 Å². The van der Waals surface area contributed by atoms with Gasteiger partial charge in [0.25, 0.3) is 5.69 Å². The minimum absolute atomic E-state index is 0.00593. The first-order valence-corrected chi connectivity index (χ1v) is 7.94. The van der Waals surface area contributed by atoms with E-state index < -0.39 is 4.92 Å². The lowest BCUT2D eigenvalue weighted by Gasteiger charge is -2.37. The van der Waals surface area contributed by atoms with Crippen LogP contribution in [0.3, 0.4) is 0 Å². The van der Waals surface area contributed by atoms with Crippen LogP contribution in [0, 0.1) is 22.9 Å². The van der Waals surface area contributed by atoms with Crippen LogP contribution >= 0.6 is 0 Å². The van der Waals surface area contributed by atoms with Crippen LogP contribution in [0.15, 0.2) is 30.5 Å². The summed E-state index contributed by atoms with van der Waals surface area (Å²) in [4.78, 5) is 18.8. The van der Waals surface area contributed by atoms with E-state index >= 15 is 0 Å². The van der Waals surface area contributed by atoms with Gasteiger partial charge in [-0.15, -0.1) is 0 Å². The number of rotatable bonds is 4. The van der Waals surface area contributed by atoms with Gasteiger partial charge in [-0.05, 0) is 24.6 Å². The summed E-state index contributed by atoms with van der Waals surface area (Å²) in [6.07, 6.45) is 1.29. The molecule has 2 heterocycles. The Morgan fingerprint density at radius 1 is 1.20 bits per heavy atom. The molecule has 1 saturated heterocycles. The molecule has 1 aromatic heterocycles. The maximum absolute atomic E-state index is 13.9. The minimum atomic E-state index is -0.445. The maximum atomic E-state index is 13.9. The van der Waals surface area contributed by atoms with Crippen molar-refractivity contribution in [2.24, 2.45) is 0 Å². The number of ether oxygens (including phenoxy) is 1. The van der Waals surface area contributed by atoms with E-state index in [0.29, 0.717) is 26.2 Å². The van der Waals surface area contributed by atoms with Crippen molar-refractivity contribution in [3.8, 4) is 5.75 Å². The third-order valence-electron chi connectivity index (χ3n) is 4.33. The number of pyridine rings is 1. The van der Waals surface area contributed by atoms with E-state index in [9.17, 15) is 14.5 Å². The Kier molecular flexibility index (Phi) is 4.69. The van der Waals surface area contributed by atoms with Crippen LogP contribution in [-0.2, 0) is 0 Å². The van der Waals surface area contributed by atoms with E-state index in [1.807, 2.05) is 13.0 Å². The van der Waals surface area contributed by atoms with Crippen molar-refractivity contribution < 1.29 is 14.1 Å². The number of nitrogens with zero attached hydrogens (tertiary/aromatic N) is 4. The van der Waals surface area contributed by atoms with Gasteiger partial charge in [0.15, 0.2) is 11.6 Å². The Labute approximate surface area is 144 Å². The van der Waals surface area contributed by atoms with Crippen LogP contribution in [0.2, 0.25) is 0 Å². The van der Waals surface area contributed by atoms with Crippen LogP contribution in [-0.4, -0.2) is 43.2 Å². The molecule has 1 aliphatic rings. The molecule has 0 unspecified atom stereocenters. The van der Waals surface area contributed by atoms with Gasteiger partial charge in [-0.25, -0.2) is 9.37 Å². The van der Waals surface area contributed by atoms with Gasteiger partial charge in [0.2, 0.25) is 0 Å². The second kappa shape index (κ2) is 6.92. The predicted molar refractivity (Wildman–Crippen MR) is 93.0 cm³/mol. The standard InChI is InChI=1S/C17H19FN4O3/c1-12-9-14(22(23)24)11-19-17(12)21-7-5-20(6-8-21)13-3-4-16(25-2)15(18)10-13/h3-4,9-11H,5-8H2,1-2H3. The number of benzene rings is 1. The zero-order valence-corrected chi connectivity index (χ0v) is 14.1. The van der Waals surface area contributed by atoms with Gasteiger partial charge in [0, 0.05) is 44.0 Å². The molecule has 0 amide bonds. The van der Waals surface area contributed by atoms with Gasteiger partial charge >= 0.3 is 0 Å². The molecule has 7 nitrogen and oxygen atoms in total. The lowest BCUT2D eigenvalue weighted by molar-refractivity contribution is -0.385. The number of halogens is 1. The van der Waals surface area contributed by atoms with Crippen molar-refractivity contribution in [3.05, 3.63) is 52.0 Å². The summed E-state index contributed by atoms with van der Waals surface area (Å²) < 4.78 is 18.8. The average molecular weight is 346 g/mol. The second-order valence-corrected chi connectivity index (χ2v) is 5.88. The molecular formula is C17H19FN4O3. The Morgan fingerprint density at radius 2 is 1.88 bits per heavy atom. The van der Waals surface area contributed by atoms with Crippen molar-refractivity contribution in [1.29, 1.82) is 0 Å². The van der Waals surface area contributed by atoms with E-state index in [-0.39, 0.29) is 17.3 Å². The Hall–Kier alpha value is -2.90. The van der Waals surface area contributed by atoms with E-state index in [1.54, 1.807) is 6.07 Å². The molecule has 1 aromatic carbocycles. The summed E-state index contributed by atoms with van der Waals surface area (Å²) in [5.41, 5.74) is 1.58. The number of nitro groups is 1. The third-order valence-corrected chi connectivity index (χ3v) is 4.33. The Morgan fingerprint density at radius 3 is 2.44 bits per heavy atom. The molecule has 8 heteroatoms. The predicted octanol–water partition coefficient (Wildman–Crippen LogP) is 2.77. The van der Waals surface area contributed by atoms with E-state index in [4.69, 9.17) is 4.74 Å².